The van der Waals surface area contributed by atoms with Crippen LogP contribution in [0.15, 0.2) is 34.2 Å². The molecule has 0 aliphatic carbocycles. The van der Waals surface area contributed by atoms with Crippen molar-refractivity contribution in [2.24, 2.45) is 0 Å². The molecule has 2 aromatic heterocycles. The second-order valence-corrected chi connectivity index (χ2v) is 5.94. The van der Waals surface area contributed by atoms with Gasteiger partial charge in [0.25, 0.3) is 0 Å². The van der Waals surface area contributed by atoms with Gasteiger partial charge in [0.15, 0.2) is 0 Å². The van der Waals surface area contributed by atoms with Crippen LogP contribution in [0.5, 0.6) is 0 Å². The quantitative estimate of drug-likeness (QED) is 0.725. The van der Waals surface area contributed by atoms with Gasteiger partial charge in [-0.15, -0.1) is 10.2 Å². The van der Waals surface area contributed by atoms with Crippen molar-refractivity contribution in [1.82, 2.24) is 24.9 Å². The first kappa shape index (κ1) is 14.5. The molecule has 22 heavy (non-hydrogen) atoms. The Labute approximate surface area is 127 Å². The van der Waals surface area contributed by atoms with E-state index >= 15 is 0 Å². The Balaban J connectivity index is 1.86. The summed E-state index contributed by atoms with van der Waals surface area (Å²) >= 11 is 0. The summed E-state index contributed by atoms with van der Waals surface area (Å²) < 4.78 is 31.8. The Kier molecular flexibility index (Phi) is 3.80. The van der Waals surface area contributed by atoms with Gasteiger partial charge in [-0.05, 0) is 18.6 Å². The minimum Gasteiger partial charge on any atom is -0.337 e. The van der Waals surface area contributed by atoms with Crippen molar-refractivity contribution < 1.29 is 13.1 Å². The van der Waals surface area contributed by atoms with Gasteiger partial charge in [-0.3, -0.25) is 8.78 Å². The zero-order valence-corrected chi connectivity index (χ0v) is 12.7. The molecule has 0 saturated carbocycles. The minimum atomic E-state index is -1.27. The Morgan fingerprint density at radius 3 is 2.95 bits per heavy atom. The molecule has 9 heteroatoms. The predicted molar refractivity (Wildman–Crippen MR) is 75.9 cm³/mol. The summed E-state index contributed by atoms with van der Waals surface area (Å²) in [5.41, 5.74) is 1.08. The number of hydrogen-bond acceptors (Lipinski definition) is 6. The standard InChI is InChI=1S/C13H12FN5O2S/c1-8-3-4-9(5-10(8)14)12-16-11(21-18-12)6-19-7-15-17-13(19)22(2)20/h3-5,7H,6H2,1-2H3/t22-/m1/s1. The number of nitrogens with zero attached hydrogens (tertiary/aromatic N) is 5. The summed E-state index contributed by atoms with van der Waals surface area (Å²) in [7, 11) is -1.27. The number of aromatic nitrogens is 5. The molecule has 3 rings (SSSR count). The van der Waals surface area contributed by atoms with Crippen molar-refractivity contribution in [2.45, 2.75) is 18.6 Å². The molecule has 3 aromatic rings. The second kappa shape index (κ2) is 5.76. The molecule has 1 atom stereocenters. The Morgan fingerprint density at radius 1 is 1.41 bits per heavy atom. The fourth-order valence-electron chi connectivity index (χ4n) is 1.89. The van der Waals surface area contributed by atoms with Crippen LogP contribution in [0.3, 0.4) is 0 Å². The van der Waals surface area contributed by atoms with E-state index in [-0.39, 0.29) is 12.4 Å². The van der Waals surface area contributed by atoms with Crippen molar-refractivity contribution in [2.75, 3.05) is 6.26 Å². The second-order valence-electron chi connectivity index (χ2n) is 4.67. The third-order valence-electron chi connectivity index (χ3n) is 3.04. The normalized spacial score (nSPS) is 12.5. The van der Waals surface area contributed by atoms with Crippen LogP contribution >= 0.6 is 0 Å². The van der Waals surface area contributed by atoms with Crippen molar-refractivity contribution in [3.05, 3.63) is 41.8 Å². The van der Waals surface area contributed by atoms with Crippen molar-refractivity contribution >= 4 is 10.8 Å². The Hall–Kier alpha value is -2.42. The topological polar surface area (TPSA) is 86.7 Å². The van der Waals surface area contributed by atoms with Gasteiger partial charge in [0.05, 0.1) is 10.8 Å². The van der Waals surface area contributed by atoms with Gasteiger partial charge >= 0.3 is 0 Å². The van der Waals surface area contributed by atoms with E-state index in [4.69, 9.17) is 4.52 Å². The highest BCUT2D eigenvalue weighted by Crippen LogP contribution is 2.19. The molecule has 1 aromatic carbocycles. The molecular formula is C13H12FN5O2S. The maximum Gasteiger partial charge on any atom is 0.247 e. The number of rotatable bonds is 4. The van der Waals surface area contributed by atoms with Gasteiger partial charge < -0.3 is 4.52 Å². The van der Waals surface area contributed by atoms with Gasteiger partial charge in [0, 0.05) is 11.8 Å². The monoisotopic (exact) mass is 321 g/mol. The summed E-state index contributed by atoms with van der Waals surface area (Å²) in [4.78, 5) is 4.21. The van der Waals surface area contributed by atoms with Crippen LogP contribution in [0, 0.1) is 12.7 Å². The minimum absolute atomic E-state index is 0.198. The fraction of sp³-hybridized carbons (Fsp3) is 0.231. The summed E-state index contributed by atoms with van der Waals surface area (Å²) in [6, 6.07) is 4.73. The van der Waals surface area contributed by atoms with E-state index < -0.39 is 10.8 Å². The van der Waals surface area contributed by atoms with Crippen molar-refractivity contribution in [3.8, 4) is 11.4 Å². The fourth-order valence-corrected chi connectivity index (χ4v) is 2.49. The number of hydrogen-bond donors (Lipinski definition) is 0. The van der Waals surface area contributed by atoms with E-state index in [1.54, 1.807) is 23.6 Å². The third kappa shape index (κ3) is 2.80. The number of halogens is 1. The predicted octanol–water partition coefficient (Wildman–Crippen LogP) is 1.56. The molecule has 0 fully saturated rings. The zero-order valence-electron chi connectivity index (χ0n) is 11.9. The van der Waals surface area contributed by atoms with E-state index in [9.17, 15) is 8.60 Å². The first-order valence-electron chi connectivity index (χ1n) is 6.35. The molecule has 0 spiro atoms. The largest absolute Gasteiger partial charge is 0.337 e. The van der Waals surface area contributed by atoms with Crippen LogP contribution in [-0.4, -0.2) is 35.4 Å². The molecule has 0 amide bonds. The average Bonchev–Trinajstić information content (AvgIpc) is 3.11. The summed E-state index contributed by atoms with van der Waals surface area (Å²) in [5.74, 6) is 0.259. The van der Waals surface area contributed by atoms with Crippen molar-refractivity contribution in [3.63, 3.8) is 0 Å². The van der Waals surface area contributed by atoms with Crippen LogP contribution in [-0.2, 0) is 17.3 Å². The Bertz CT molecular complexity index is 845. The molecule has 114 valence electrons. The molecule has 0 bridgehead atoms. The van der Waals surface area contributed by atoms with Gasteiger partial charge in [-0.2, -0.15) is 4.98 Å². The Morgan fingerprint density at radius 2 is 2.23 bits per heavy atom. The van der Waals surface area contributed by atoms with E-state index in [0.717, 1.165) is 0 Å². The third-order valence-corrected chi connectivity index (χ3v) is 3.87. The maximum absolute atomic E-state index is 13.6. The lowest BCUT2D eigenvalue weighted by Crippen LogP contribution is -2.05. The number of benzene rings is 1. The molecule has 2 heterocycles. The summed E-state index contributed by atoms with van der Waals surface area (Å²) in [6.07, 6.45) is 2.95. The number of aryl methyl sites for hydroxylation is 1. The van der Waals surface area contributed by atoms with Gasteiger partial charge in [0.2, 0.25) is 16.9 Å². The molecular weight excluding hydrogens is 309 g/mol. The van der Waals surface area contributed by atoms with E-state index in [0.29, 0.717) is 28.0 Å². The smallest absolute Gasteiger partial charge is 0.247 e. The summed E-state index contributed by atoms with van der Waals surface area (Å²) in [5, 5.41) is 11.6. The van der Waals surface area contributed by atoms with Gasteiger partial charge in [-0.1, -0.05) is 17.3 Å². The van der Waals surface area contributed by atoms with E-state index in [1.807, 2.05) is 0 Å². The average molecular weight is 321 g/mol. The molecule has 7 nitrogen and oxygen atoms in total. The molecule has 0 aliphatic heterocycles. The van der Waals surface area contributed by atoms with E-state index in [1.165, 1.54) is 18.6 Å². The lowest BCUT2D eigenvalue weighted by atomic mass is 10.1. The van der Waals surface area contributed by atoms with Gasteiger partial charge in [0.1, 0.15) is 18.7 Å². The maximum atomic E-state index is 13.6. The molecule has 0 unspecified atom stereocenters. The lowest BCUT2D eigenvalue weighted by molar-refractivity contribution is 0.367. The van der Waals surface area contributed by atoms with Crippen LogP contribution in [0.25, 0.3) is 11.4 Å². The highest BCUT2D eigenvalue weighted by Gasteiger charge is 2.14. The van der Waals surface area contributed by atoms with Crippen LogP contribution in [0.4, 0.5) is 4.39 Å². The SMILES string of the molecule is Cc1ccc(-c2noc(Cn3cnnc3[S@@](C)=O)n2)cc1F. The van der Waals surface area contributed by atoms with E-state index in [2.05, 4.69) is 20.3 Å². The molecule has 0 aliphatic rings. The highest BCUT2D eigenvalue weighted by atomic mass is 32.2. The van der Waals surface area contributed by atoms with Crippen LogP contribution in [0.2, 0.25) is 0 Å². The van der Waals surface area contributed by atoms with Crippen LogP contribution in [0.1, 0.15) is 11.5 Å². The molecule has 0 N–H and O–H groups in total. The lowest BCUT2D eigenvalue weighted by Gasteiger charge is -1.99. The first-order valence-corrected chi connectivity index (χ1v) is 7.91. The first-order chi connectivity index (χ1) is 10.5. The van der Waals surface area contributed by atoms with Gasteiger partial charge in [-0.25, -0.2) is 4.39 Å². The summed E-state index contributed by atoms with van der Waals surface area (Å²) in [6.45, 7) is 1.88. The zero-order chi connectivity index (χ0) is 15.7. The van der Waals surface area contributed by atoms with Crippen LogP contribution < -0.4 is 0 Å². The van der Waals surface area contributed by atoms with Crippen molar-refractivity contribution in [1.29, 1.82) is 0 Å². The molecule has 0 saturated heterocycles. The molecule has 0 radical (unpaired) electrons. The highest BCUT2D eigenvalue weighted by molar-refractivity contribution is 7.84.